The van der Waals surface area contributed by atoms with Gasteiger partial charge in [0, 0.05) is 25.4 Å². The Morgan fingerprint density at radius 2 is 1.97 bits per heavy atom. The number of nitrogens with zero attached hydrogens (tertiary/aromatic N) is 2. The normalized spacial score (nSPS) is 18.1. The van der Waals surface area contributed by atoms with E-state index in [1.807, 2.05) is 41.3 Å². The third-order valence-electron chi connectivity index (χ3n) is 5.70. The summed E-state index contributed by atoms with van der Waals surface area (Å²) in [6.45, 7) is 1.28. The van der Waals surface area contributed by atoms with Crippen LogP contribution in [0.4, 0.5) is 0 Å². The lowest BCUT2D eigenvalue weighted by Gasteiger charge is -2.29. The number of hydrogen-bond donors (Lipinski definition) is 1. The van der Waals surface area contributed by atoms with Crippen LogP contribution in [0.25, 0.3) is 0 Å². The van der Waals surface area contributed by atoms with Crippen LogP contribution in [0.3, 0.4) is 0 Å². The average Bonchev–Trinajstić information content (AvgIpc) is 2.81. The predicted molar refractivity (Wildman–Crippen MR) is 119 cm³/mol. The summed E-state index contributed by atoms with van der Waals surface area (Å²) in [4.78, 5) is 27.0. The molecule has 158 valence electrons. The largest absolute Gasteiger partial charge is 0.497 e. The van der Waals surface area contributed by atoms with Crippen molar-refractivity contribution in [2.45, 2.75) is 25.3 Å². The average molecular weight is 434 g/mol. The lowest BCUT2D eigenvalue weighted by atomic mass is 9.87. The molecule has 31 heavy (non-hydrogen) atoms. The van der Waals surface area contributed by atoms with E-state index in [-0.39, 0.29) is 29.9 Å². The van der Waals surface area contributed by atoms with Crippen LogP contribution in [0.2, 0.25) is 0 Å². The minimum Gasteiger partial charge on any atom is -0.497 e. The molecule has 0 bridgehead atoms. The maximum absolute atomic E-state index is 12.8. The molecular formula is C24H23N3O3S. The number of thioether (sulfide) groups is 1. The van der Waals surface area contributed by atoms with Crippen molar-refractivity contribution in [3.63, 3.8) is 0 Å². The van der Waals surface area contributed by atoms with Gasteiger partial charge in [-0.3, -0.25) is 9.59 Å². The molecule has 0 spiro atoms. The molecule has 2 heterocycles. The summed E-state index contributed by atoms with van der Waals surface area (Å²) in [5.74, 6) is 0.420. The summed E-state index contributed by atoms with van der Waals surface area (Å²) in [6, 6.07) is 17.8. The zero-order valence-electron chi connectivity index (χ0n) is 17.3. The summed E-state index contributed by atoms with van der Waals surface area (Å²) < 4.78 is 5.19. The van der Waals surface area contributed by atoms with Crippen LogP contribution in [0, 0.1) is 11.3 Å². The molecule has 7 heteroatoms. The Hall–Kier alpha value is -3.24. The standard InChI is InChI=1S/C24H23N3O3S/c1-30-19-8-6-17(7-9-19)20-12-22(28)26-24(21(20)13-25)31-15-23(29)27-11-10-16-4-2-3-5-18(16)14-27/h2-9,20H,10-12,14-15H2,1H3,(H,26,28)/t20-/m0/s1. The molecule has 1 N–H and O–H groups in total. The number of rotatable bonds is 5. The number of nitrogens with one attached hydrogen (secondary N) is 1. The van der Waals surface area contributed by atoms with Crippen molar-refractivity contribution in [2.24, 2.45) is 0 Å². The second-order valence-electron chi connectivity index (χ2n) is 7.56. The zero-order chi connectivity index (χ0) is 21.8. The van der Waals surface area contributed by atoms with E-state index in [1.165, 1.54) is 22.9 Å². The van der Waals surface area contributed by atoms with Crippen molar-refractivity contribution in [1.29, 1.82) is 5.26 Å². The van der Waals surface area contributed by atoms with Crippen molar-refractivity contribution in [2.75, 3.05) is 19.4 Å². The number of fused-ring (bicyclic) bond motifs is 1. The number of ether oxygens (including phenoxy) is 1. The quantitative estimate of drug-likeness (QED) is 0.782. The van der Waals surface area contributed by atoms with Crippen molar-refractivity contribution >= 4 is 23.6 Å². The van der Waals surface area contributed by atoms with Crippen LogP contribution in [-0.4, -0.2) is 36.1 Å². The molecular weight excluding hydrogens is 410 g/mol. The van der Waals surface area contributed by atoms with Gasteiger partial charge < -0.3 is 15.0 Å². The van der Waals surface area contributed by atoms with Crippen molar-refractivity contribution < 1.29 is 14.3 Å². The van der Waals surface area contributed by atoms with E-state index >= 15 is 0 Å². The highest BCUT2D eigenvalue weighted by molar-refractivity contribution is 8.03. The molecule has 0 saturated heterocycles. The minimum absolute atomic E-state index is 0.00473. The highest BCUT2D eigenvalue weighted by Crippen LogP contribution is 2.36. The lowest BCUT2D eigenvalue weighted by Crippen LogP contribution is -2.37. The Labute approximate surface area is 185 Å². The number of hydrogen-bond acceptors (Lipinski definition) is 5. The number of nitriles is 1. The zero-order valence-corrected chi connectivity index (χ0v) is 18.1. The number of benzene rings is 2. The molecule has 6 nitrogen and oxygen atoms in total. The monoisotopic (exact) mass is 433 g/mol. The molecule has 2 aliphatic heterocycles. The topological polar surface area (TPSA) is 82.4 Å². The first kappa shape index (κ1) is 21.0. The second kappa shape index (κ2) is 9.27. The first-order valence-electron chi connectivity index (χ1n) is 10.1. The molecule has 2 aromatic carbocycles. The fraction of sp³-hybridized carbons (Fsp3) is 0.292. The van der Waals surface area contributed by atoms with E-state index in [2.05, 4.69) is 23.5 Å². The van der Waals surface area contributed by atoms with E-state index in [9.17, 15) is 14.9 Å². The summed E-state index contributed by atoms with van der Waals surface area (Å²) in [5.41, 5.74) is 3.83. The van der Waals surface area contributed by atoms with Crippen molar-refractivity contribution in [1.82, 2.24) is 10.2 Å². The Morgan fingerprint density at radius 1 is 1.23 bits per heavy atom. The molecule has 4 rings (SSSR count). The molecule has 1 atom stereocenters. The maximum Gasteiger partial charge on any atom is 0.233 e. The van der Waals surface area contributed by atoms with Gasteiger partial charge in [0.05, 0.1) is 29.5 Å². The Balaban J connectivity index is 1.48. The third-order valence-corrected chi connectivity index (χ3v) is 6.70. The second-order valence-corrected chi connectivity index (χ2v) is 8.54. The van der Waals surface area contributed by atoms with Crippen LogP contribution in [-0.2, 0) is 22.6 Å². The number of amides is 2. The van der Waals surface area contributed by atoms with Gasteiger partial charge in [0.1, 0.15) is 5.75 Å². The molecule has 0 aliphatic carbocycles. The molecule has 0 unspecified atom stereocenters. The van der Waals surface area contributed by atoms with Gasteiger partial charge in [-0.15, -0.1) is 0 Å². The first-order chi connectivity index (χ1) is 15.1. The van der Waals surface area contributed by atoms with E-state index < -0.39 is 0 Å². The summed E-state index contributed by atoms with van der Waals surface area (Å²) >= 11 is 1.23. The van der Waals surface area contributed by atoms with Gasteiger partial charge in [-0.2, -0.15) is 5.26 Å². The lowest BCUT2D eigenvalue weighted by molar-refractivity contribution is -0.129. The van der Waals surface area contributed by atoms with Crippen LogP contribution < -0.4 is 10.1 Å². The molecule has 2 aromatic rings. The van der Waals surface area contributed by atoms with Gasteiger partial charge in [-0.1, -0.05) is 48.2 Å². The summed E-state index contributed by atoms with van der Waals surface area (Å²) in [7, 11) is 1.59. The Bertz CT molecular complexity index is 1070. The molecule has 0 fully saturated rings. The number of methoxy groups -OCH3 is 1. The van der Waals surface area contributed by atoms with E-state index in [1.54, 1.807) is 7.11 Å². The Morgan fingerprint density at radius 3 is 2.68 bits per heavy atom. The smallest absolute Gasteiger partial charge is 0.233 e. The van der Waals surface area contributed by atoms with Gasteiger partial charge in [-0.05, 0) is 35.2 Å². The van der Waals surface area contributed by atoms with Gasteiger partial charge in [0.25, 0.3) is 0 Å². The molecule has 0 radical (unpaired) electrons. The molecule has 2 amide bonds. The van der Waals surface area contributed by atoms with E-state index in [4.69, 9.17) is 4.74 Å². The van der Waals surface area contributed by atoms with Gasteiger partial charge in [-0.25, -0.2) is 0 Å². The van der Waals surface area contributed by atoms with Crippen LogP contribution in [0.5, 0.6) is 5.75 Å². The maximum atomic E-state index is 12.8. The number of carbonyl (C=O) groups excluding carboxylic acids is 2. The molecule has 0 aromatic heterocycles. The predicted octanol–water partition coefficient (Wildman–Crippen LogP) is 3.35. The van der Waals surface area contributed by atoms with Crippen LogP contribution in [0.1, 0.15) is 29.0 Å². The fourth-order valence-corrected chi connectivity index (χ4v) is 4.97. The Kier molecular flexibility index (Phi) is 6.28. The van der Waals surface area contributed by atoms with Gasteiger partial charge in [0.15, 0.2) is 0 Å². The SMILES string of the molecule is COc1ccc([C@@H]2CC(=O)NC(SCC(=O)N3CCc4ccccc4C3)=C2C#N)cc1. The van der Waals surface area contributed by atoms with Crippen molar-refractivity contribution in [3.05, 3.63) is 75.8 Å². The fourth-order valence-electron chi connectivity index (χ4n) is 3.99. The minimum atomic E-state index is -0.330. The van der Waals surface area contributed by atoms with E-state index in [0.717, 1.165) is 17.7 Å². The summed E-state index contributed by atoms with van der Waals surface area (Å²) in [5, 5.41) is 13.1. The van der Waals surface area contributed by atoms with Gasteiger partial charge in [0.2, 0.25) is 11.8 Å². The van der Waals surface area contributed by atoms with Gasteiger partial charge >= 0.3 is 0 Å². The molecule has 2 aliphatic rings. The van der Waals surface area contributed by atoms with Crippen LogP contribution >= 0.6 is 11.8 Å². The number of carbonyl (C=O) groups is 2. The number of allylic oxidation sites excluding steroid dienone is 1. The highest BCUT2D eigenvalue weighted by atomic mass is 32.2. The van der Waals surface area contributed by atoms with Crippen molar-refractivity contribution in [3.8, 4) is 11.8 Å². The van der Waals surface area contributed by atoms with E-state index in [0.29, 0.717) is 23.7 Å². The molecule has 0 saturated carbocycles. The third kappa shape index (κ3) is 4.59. The summed E-state index contributed by atoms with van der Waals surface area (Å²) in [6.07, 6.45) is 1.05. The van der Waals surface area contributed by atoms with Crippen LogP contribution in [0.15, 0.2) is 59.1 Å². The first-order valence-corrected chi connectivity index (χ1v) is 11.1. The highest BCUT2D eigenvalue weighted by Gasteiger charge is 2.30.